The van der Waals surface area contributed by atoms with Crippen molar-refractivity contribution in [3.05, 3.63) is 103 Å². The van der Waals surface area contributed by atoms with Gasteiger partial charge in [-0.3, -0.25) is 4.79 Å². The Kier molecular flexibility index (Phi) is 5.02. The SMILES string of the molecule is N#Cc1ccccc1COc1ccc(Br)cc1C=c1sc2nc3ccccc3n2c1=O. The van der Waals surface area contributed by atoms with Crippen molar-refractivity contribution in [2.45, 2.75) is 6.61 Å². The van der Waals surface area contributed by atoms with Gasteiger partial charge in [-0.25, -0.2) is 9.38 Å². The lowest BCUT2D eigenvalue weighted by atomic mass is 10.1. The molecule has 0 amide bonds. The molecule has 7 heteroatoms. The van der Waals surface area contributed by atoms with Crippen LogP contribution in [0.1, 0.15) is 16.7 Å². The molecule has 0 radical (unpaired) electrons. The summed E-state index contributed by atoms with van der Waals surface area (Å²) in [6.45, 7) is 0.259. The summed E-state index contributed by atoms with van der Waals surface area (Å²) in [5.74, 6) is 0.631. The number of imidazole rings is 1. The van der Waals surface area contributed by atoms with Crippen LogP contribution in [0, 0.1) is 11.3 Å². The summed E-state index contributed by atoms with van der Waals surface area (Å²) in [6.07, 6.45) is 1.83. The summed E-state index contributed by atoms with van der Waals surface area (Å²) in [4.78, 5) is 18.3. The van der Waals surface area contributed by atoms with Gasteiger partial charge in [-0.2, -0.15) is 5.26 Å². The van der Waals surface area contributed by atoms with E-state index >= 15 is 0 Å². The van der Waals surface area contributed by atoms with Gasteiger partial charge in [-0.1, -0.05) is 57.6 Å². The summed E-state index contributed by atoms with van der Waals surface area (Å²) in [6, 6.07) is 22.8. The summed E-state index contributed by atoms with van der Waals surface area (Å²) in [7, 11) is 0. The second-order valence-electron chi connectivity index (χ2n) is 6.87. The first-order valence-corrected chi connectivity index (χ1v) is 11.1. The first-order valence-electron chi connectivity index (χ1n) is 9.46. The van der Waals surface area contributed by atoms with E-state index in [1.54, 1.807) is 10.5 Å². The fourth-order valence-electron chi connectivity index (χ4n) is 3.43. The van der Waals surface area contributed by atoms with Crippen LogP contribution in [0.2, 0.25) is 0 Å². The van der Waals surface area contributed by atoms with Crippen LogP contribution in [0.25, 0.3) is 22.1 Å². The van der Waals surface area contributed by atoms with Crippen LogP contribution in [-0.2, 0) is 6.61 Å². The van der Waals surface area contributed by atoms with Gasteiger partial charge in [0.2, 0.25) is 0 Å². The Balaban J connectivity index is 1.57. The van der Waals surface area contributed by atoms with Crippen LogP contribution in [0.15, 0.2) is 76.0 Å². The van der Waals surface area contributed by atoms with Crippen molar-refractivity contribution in [1.29, 1.82) is 5.26 Å². The molecule has 0 saturated carbocycles. The van der Waals surface area contributed by atoms with Gasteiger partial charge in [0.05, 0.1) is 27.2 Å². The summed E-state index contributed by atoms with van der Waals surface area (Å²) < 4.78 is 9.14. The molecule has 3 aromatic carbocycles. The lowest BCUT2D eigenvalue weighted by Gasteiger charge is -2.10. The molecular weight excluding hydrogens is 474 g/mol. The molecule has 0 atom stereocenters. The molecule has 0 saturated heterocycles. The Labute approximate surface area is 189 Å². The number of rotatable bonds is 4. The maximum absolute atomic E-state index is 13.1. The van der Waals surface area contributed by atoms with E-state index < -0.39 is 0 Å². The van der Waals surface area contributed by atoms with E-state index in [1.807, 2.05) is 66.7 Å². The monoisotopic (exact) mass is 487 g/mol. The Morgan fingerprint density at radius 2 is 1.94 bits per heavy atom. The van der Waals surface area contributed by atoms with E-state index in [2.05, 4.69) is 27.0 Å². The predicted molar refractivity (Wildman–Crippen MR) is 125 cm³/mol. The van der Waals surface area contributed by atoms with Crippen LogP contribution in [0.3, 0.4) is 0 Å². The van der Waals surface area contributed by atoms with E-state index in [9.17, 15) is 10.1 Å². The molecule has 0 aliphatic carbocycles. The highest BCUT2D eigenvalue weighted by Crippen LogP contribution is 2.25. The first kappa shape index (κ1) is 19.5. The molecule has 2 heterocycles. The van der Waals surface area contributed by atoms with E-state index in [0.717, 1.165) is 26.6 Å². The molecule has 0 bridgehead atoms. The standard InChI is InChI=1S/C24H14BrN3O2S/c25-18-9-10-21(30-14-16-6-2-1-5-15(16)13-26)17(11-18)12-22-23(29)28-20-8-4-3-7-19(20)27-24(28)31-22/h1-12H,14H2. The lowest BCUT2D eigenvalue weighted by molar-refractivity contribution is 0.305. The van der Waals surface area contributed by atoms with Gasteiger partial charge >= 0.3 is 0 Å². The largest absolute Gasteiger partial charge is 0.488 e. The summed E-state index contributed by atoms with van der Waals surface area (Å²) >= 11 is 4.85. The van der Waals surface area contributed by atoms with Crippen molar-refractivity contribution in [2.24, 2.45) is 0 Å². The molecular formula is C24H14BrN3O2S. The Morgan fingerprint density at radius 3 is 2.81 bits per heavy atom. The van der Waals surface area contributed by atoms with Gasteiger partial charge in [0, 0.05) is 15.6 Å². The number of halogens is 1. The highest BCUT2D eigenvalue weighted by Gasteiger charge is 2.12. The van der Waals surface area contributed by atoms with Crippen LogP contribution < -0.4 is 14.8 Å². The molecule has 0 aliphatic rings. The predicted octanol–water partition coefficient (Wildman–Crippen LogP) is 4.67. The van der Waals surface area contributed by atoms with Crippen LogP contribution in [0.4, 0.5) is 0 Å². The molecule has 0 spiro atoms. The zero-order chi connectivity index (χ0) is 21.4. The highest BCUT2D eigenvalue weighted by atomic mass is 79.9. The number of hydrogen-bond acceptors (Lipinski definition) is 5. The van der Waals surface area contributed by atoms with Gasteiger partial charge in [0.1, 0.15) is 12.4 Å². The van der Waals surface area contributed by atoms with Crippen molar-refractivity contribution < 1.29 is 4.74 Å². The maximum Gasteiger partial charge on any atom is 0.274 e. The molecule has 0 N–H and O–H groups in total. The molecule has 0 unspecified atom stereocenters. The van der Waals surface area contributed by atoms with Crippen molar-refractivity contribution in [1.82, 2.24) is 9.38 Å². The van der Waals surface area contributed by atoms with Gasteiger partial charge in [0.25, 0.3) is 5.56 Å². The molecule has 0 aliphatic heterocycles. The van der Waals surface area contributed by atoms with Crippen LogP contribution in [0.5, 0.6) is 5.75 Å². The number of hydrogen-bond donors (Lipinski definition) is 0. The number of para-hydroxylation sites is 2. The molecule has 0 fully saturated rings. The van der Waals surface area contributed by atoms with E-state index in [0.29, 0.717) is 20.8 Å². The normalized spacial score (nSPS) is 11.8. The van der Waals surface area contributed by atoms with Crippen molar-refractivity contribution in [3.8, 4) is 11.8 Å². The molecule has 31 heavy (non-hydrogen) atoms. The van der Waals surface area contributed by atoms with Gasteiger partial charge in [-0.15, -0.1) is 0 Å². The topological polar surface area (TPSA) is 67.4 Å². The minimum absolute atomic E-state index is 0.102. The number of thiazole rings is 1. The third-order valence-electron chi connectivity index (χ3n) is 4.92. The summed E-state index contributed by atoms with van der Waals surface area (Å²) in [5.41, 5.74) is 3.67. The molecule has 5 rings (SSSR count). The fraction of sp³-hybridized carbons (Fsp3) is 0.0417. The number of aromatic nitrogens is 2. The molecule has 2 aromatic heterocycles. The fourth-order valence-corrected chi connectivity index (χ4v) is 4.78. The number of ether oxygens (including phenoxy) is 1. The van der Waals surface area contributed by atoms with Crippen molar-refractivity contribution in [2.75, 3.05) is 0 Å². The van der Waals surface area contributed by atoms with Gasteiger partial charge < -0.3 is 4.74 Å². The average molecular weight is 488 g/mol. The van der Waals surface area contributed by atoms with Gasteiger partial charge in [-0.05, 0) is 42.5 Å². The average Bonchev–Trinajstić information content (AvgIpc) is 3.29. The minimum Gasteiger partial charge on any atom is -0.488 e. The maximum atomic E-state index is 13.1. The molecule has 5 aromatic rings. The second kappa shape index (κ2) is 7.99. The zero-order valence-electron chi connectivity index (χ0n) is 16.1. The summed E-state index contributed by atoms with van der Waals surface area (Å²) in [5, 5.41) is 9.30. The third-order valence-corrected chi connectivity index (χ3v) is 6.39. The molecule has 5 nitrogen and oxygen atoms in total. The van der Waals surface area contributed by atoms with Crippen LogP contribution in [-0.4, -0.2) is 9.38 Å². The van der Waals surface area contributed by atoms with Gasteiger partial charge in [0.15, 0.2) is 4.96 Å². The number of nitriles is 1. The Hall–Kier alpha value is -3.47. The quantitative estimate of drug-likeness (QED) is 0.369. The number of nitrogens with zero attached hydrogens (tertiary/aromatic N) is 3. The Bertz CT molecular complexity index is 1600. The number of fused-ring (bicyclic) bond motifs is 3. The van der Waals surface area contributed by atoms with Crippen LogP contribution >= 0.6 is 27.3 Å². The van der Waals surface area contributed by atoms with E-state index in [4.69, 9.17) is 4.74 Å². The van der Waals surface area contributed by atoms with Crippen molar-refractivity contribution in [3.63, 3.8) is 0 Å². The minimum atomic E-state index is -0.102. The Morgan fingerprint density at radius 1 is 1.13 bits per heavy atom. The van der Waals surface area contributed by atoms with E-state index in [1.165, 1.54) is 11.3 Å². The third kappa shape index (κ3) is 3.61. The zero-order valence-corrected chi connectivity index (χ0v) is 18.5. The number of benzene rings is 3. The van der Waals surface area contributed by atoms with E-state index in [-0.39, 0.29) is 12.2 Å². The highest BCUT2D eigenvalue weighted by molar-refractivity contribution is 9.10. The second-order valence-corrected chi connectivity index (χ2v) is 8.80. The smallest absolute Gasteiger partial charge is 0.274 e. The lowest BCUT2D eigenvalue weighted by Crippen LogP contribution is -2.22. The molecule has 150 valence electrons. The van der Waals surface area contributed by atoms with Crippen molar-refractivity contribution >= 4 is 49.3 Å². The first-order chi connectivity index (χ1) is 15.1.